The third-order valence-electron chi connectivity index (χ3n) is 6.32. The molecule has 9 atom stereocenters. The molecule has 0 spiro atoms. The number of aliphatic hydroxyl groups is 5. The molecule has 8 heteroatoms. The third kappa shape index (κ3) is 3.36. The van der Waals surface area contributed by atoms with E-state index in [9.17, 15) is 25.5 Å². The minimum atomic E-state index is -1.48. The van der Waals surface area contributed by atoms with Crippen LogP contribution in [0.4, 0.5) is 0 Å². The first-order valence-corrected chi connectivity index (χ1v) is 9.49. The molecule has 3 aliphatic heterocycles. The van der Waals surface area contributed by atoms with Gasteiger partial charge in [-0.1, -0.05) is 26.0 Å². The normalized spacial score (nSPS) is 50.4. The Balaban J connectivity index is 1.71. The van der Waals surface area contributed by atoms with Crippen molar-refractivity contribution in [1.29, 1.82) is 0 Å². The Bertz CT molecular complexity index is 554. The molecular formula is C19H32O8. The summed E-state index contributed by atoms with van der Waals surface area (Å²) in [4.78, 5) is 0. The Kier molecular flexibility index (Phi) is 5.51. The number of hydrogen-bond donors (Lipinski definition) is 5. The first-order chi connectivity index (χ1) is 12.4. The van der Waals surface area contributed by atoms with Crippen LogP contribution in [0.25, 0.3) is 0 Å². The minimum Gasteiger partial charge on any atom is -0.394 e. The van der Waals surface area contributed by atoms with E-state index in [1.807, 2.05) is 6.08 Å². The van der Waals surface area contributed by atoms with Crippen molar-refractivity contribution >= 4 is 0 Å². The molecule has 8 nitrogen and oxygen atoms in total. The molecule has 3 saturated heterocycles. The standard InChI is InChI=1S/C19H32O8/c1-10(25-16-15(23)14(22)13(21)12(9-20)26-16)5-6-19-17(2,3)7-11(27-19)8-18(19,4)24/h5-6,10-16,20-24H,7-9H2,1-4H3/b6-5+/t10-,11-,12-,13-,14+,15-,16-,18+,19+/m1/s1. The van der Waals surface area contributed by atoms with Crippen LogP contribution in [0.3, 0.4) is 0 Å². The maximum atomic E-state index is 10.9. The van der Waals surface area contributed by atoms with Crippen molar-refractivity contribution in [3.8, 4) is 0 Å². The van der Waals surface area contributed by atoms with Gasteiger partial charge in [-0.2, -0.15) is 0 Å². The highest BCUT2D eigenvalue weighted by Gasteiger charge is 2.67. The van der Waals surface area contributed by atoms with Crippen LogP contribution >= 0.6 is 0 Å². The summed E-state index contributed by atoms with van der Waals surface area (Å²) in [5, 5.41) is 50.0. The van der Waals surface area contributed by atoms with Crippen LogP contribution in [0.2, 0.25) is 0 Å². The molecule has 0 amide bonds. The lowest BCUT2D eigenvalue weighted by Crippen LogP contribution is -2.59. The fraction of sp³-hybridized carbons (Fsp3) is 0.895. The summed E-state index contributed by atoms with van der Waals surface area (Å²) in [5.41, 5.74) is -2.09. The lowest BCUT2D eigenvalue weighted by Gasteiger charge is -2.46. The molecular weight excluding hydrogens is 356 g/mol. The summed E-state index contributed by atoms with van der Waals surface area (Å²) >= 11 is 0. The van der Waals surface area contributed by atoms with Crippen LogP contribution in [-0.4, -0.2) is 86.3 Å². The first kappa shape index (κ1) is 21.1. The number of aliphatic hydroxyl groups excluding tert-OH is 4. The zero-order chi connectivity index (χ0) is 20.2. The van der Waals surface area contributed by atoms with Gasteiger partial charge in [-0.25, -0.2) is 0 Å². The van der Waals surface area contributed by atoms with E-state index >= 15 is 0 Å². The molecule has 156 valence electrons. The second-order valence-corrected chi connectivity index (χ2v) is 8.94. The van der Waals surface area contributed by atoms with Crippen molar-refractivity contribution < 1.29 is 39.7 Å². The second kappa shape index (κ2) is 7.03. The molecule has 5 N–H and O–H groups in total. The first-order valence-electron chi connectivity index (χ1n) is 9.49. The van der Waals surface area contributed by atoms with Crippen molar-refractivity contribution in [1.82, 2.24) is 0 Å². The quantitative estimate of drug-likeness (QED) is 0.397. The second-order valence-electron chi connectivity index (χ2n) is 8.94. The molecule has 3 heterocycles. The van der Waals surface area contributed by atoms with Gasteiger partial charge in [0, 0.05) is 11.8 Å². The highest BCUT2D eigenvalue weighted by atomic mass is 16.7. The van der Waals surface area contributed by atoms with Gasteiger partial charge < -0.3 is 39.7 Å². The molecule has 0 saturated carbocycles. The summed E-state index contributed by atoms with van der Waals surface area (Å²) in [6.45, 7) is 7.13. The van der Waals surface area contributed by atoms with Gasteiger partial charge in [0.15, 0.2) is 6.29 Å². The fourth-order valence-electron chi connectivity index (χ4n) is 4.90. The highest BCUT2D eigenvalue weighted by Crippen LogP contribution is 2.60. The SMILES string of the molecule is C[C@H](/C=C/[C@]12O[C@H](CC1(C)C)C[C@]2(C)O)O[C@@H]1O[C@H](CO)[C@@H](O)[C@H](O)[C@H]1O. The highest BCUT2D eigenvalue weighted by molar-refractivity contribution is 5.27. The van der Waals surface area contributed by atoms with Crippen molar-refractivity contribution in [2.24, 2.45) is 5.41 Å². The minimum absolute atomic E-state index is 0.0151. The molecule has 0 aliphatic carbocycles. The average molecular weight is 388 g/mol. The Morgan fingerprint density at radius 1 is 1.11 bits per heavy atom. The van der Waals surface area contributed by atoms with Crippen molar-refractivity contribution in [2.75, 3.05) is 6.61 Å². The van der Waals surface area contributed by atoms with Crippen LogP contribution in [0.5, 0.6) is 0 Å². The van der Waals surface area contributed by atoms with E-state index in [1.165, 1.54) is 0 Å². The predicted molar refractivity (Wildman–Crippen MR) is 94.7 cm³/mol. The Labute approximate surface area is 159 Å². The molecule has 3 rings (SSSR count). The van der Waals surface area contributed by atoms with E-state index in [2.05, 4.69) is 13.8 Å². The third-order valence-corrected chi connectivity index (χ3v) is 6.32. The predicted octanol–water partition coefficient (Wildman–Crippen LogP) is -0.544. The summed E-state index contributed by atoms with van der Waals surface area (Å²) in [6.07, 6.45) is -2.09. The van der Waals surface area contributed by atoms with Crippen LogP contribution in [0.1, 0.15) is 40.5 Å². The number of ether oxygens (including phenoxy) is 3. The molecule has 0 unspecified atom stereocenters. The molecule has 0 aromatic rings. The van der Waals surface area contributed by atoms with Gasteiger partial charge in [0.05, 0.1) is 24.4 Å². The average Bonchev–Trinajstić information content (AvgIpc) is 2.98. The van der Waals surface area contributed by atoms with Crippen molar-refractivity contribution in [2.45, 2.75) is 94.7 Å². The summed E-state index contributed by atoms with van der Waals surface area (Å²) in [5.74, 6) is 0. The Morgan fingerprint density at radius 3 is 2.33 bits per heavy atom. The van der Waals surface area contributed by atoms with Crippen molar-refractivity contribution in [3.63, 3.8) is 0 Å². The topological polar surface area (TPSA) is 129 Å². The van der Waals surface area contributed by atoms with E-state index in [4.69, 9.17) is 14.2 Å². The zero-order valence-electron chi connectivity index (χ0n) is 16.3. The zero-order valence-corrected chi connectivity index (χ0v) is 16.3. The molecule has 27 heavy (non-hydrogen) atoms. The van der Waals surface area contributed by atoms with Crippen LogP contribution in [0.15, 0.2) is 12.2 Å². The van der Waals surface area contributed by atoms with Gasteiger partial charge in [-0.3, -0.25) is 0 Å². The van der Waals surface area contributed by atoms with E-state index < -0.39 is 54.6 Å². The summed E-state index contributed by atoms with van der Waals surface area (Å²) < 4.78 is 17.2. The number of hydrogen-bond acceptors (Lipinski definition) is 8. The number of rotatable bonds is 5. The van der Waals surface area contributed by atoms with Gasteiger partial charge in [0.1, 0.15) is 30.0 Å². The van der Waals surface area contributed by atoms with Gasteiger partial charge in [-0.05, 0) is 20.3 Å². The van der Waals surface area contributed by atoms with E-state index in [1.54, 1.807) is 19.9 Å². The van der Waals surface area contributed by atoms with Crippen molar-refractivity contribution in [3.05, 3.63) is 12.2 Å². The lowest BCUT2D eigenvalue weighted by molar-refractivity contribution is -0.306. The maximum absolute atomic E-state index is 10.9. The van der Waals surface area contributed by atoms with Gasteiger partial charge in [-0.15, -0.1) is 0 Å². The Hall–Kier alpha value is -0.580. The van der Waals surface area contributed by atoms with Gasteiger partial charge >= 0.3 is 0 Å². The Morgan fingerprint density at radius 2 is 1.78 bits per heavy atom. The van der Waals surface area contributed by atoms with E-state index in [-0.39, 0.29) is 11.5 Å². The molecule has 0 radical (unpaired) electrons. The van der Waals surface area contributed by atoms with E-state index in [0.29, 0.717) is 6.42 Å². The largest absolute Gasteiger partial charge is 0.394 e. The molecule has 0 aromatic carbocycles. The van der Waals surface area contributed by atoms with Crippen LogP contribution in [-0.2, 0) is 14.2 Å². The summed E-state index contributed by atoms with van der Waals surface area (Å²) in [6, 6.07) is 0. The van der Waals surface area contributed by atoms with Gasteiger partial charge in [0.25, 0.3) is 0 Å². The fourth-order valence-corrected chi connectivity index (χ4v) is 4.90. The number of fused-ring (bicyclic) bond motifs is 2. The maximum Gasteiger partial charge on any atom is 0.187 e. The van der Waals surface area contributed by atoms with Crippen LogP contribution in [0, 0.1) is 5.41 Å². The molecule has 2 bridgehead atoms. The smallest absolute Gasteiger partial charge is 0.187 e. The molecule has 0 aromatic heterocycles. The molecule has 3 aliphatic rings. The monoisotopic (exact) mass is 388 g/mol. The van der Waals surface area contributed by atoms with Gasteiger partial charge in [0.2, 0.25) is 0 Å². The molecule has 3 fully saturated rings. The van der Waals surface area contributed by atoms with E-state index in [0.717, 1.165) is 6.42 Å². The summed E-state index contributed by atoms with van der Waals surface area (Å²) in [7, 11) is 0. The van der Waals surface area contributed by atoms with Crippen LogP contribution < -0.4 is 0 Å². The lowest BCUT2D eigenvalue weighted by atomic mass is 9.61.